The van der Waals surface area contributed by atoms with Crippen LogP contribution in [0.15, 0.2) is 36.1 Å². The molecule has 224 valence electrons. The summed E-state index contributed by atoms with van der Waals surface area (Å²) >= 11 is 0. The fraction of sp³-hybridized carbons (Fsp3) is 0.765. The summed E-state index contributed by atoms with van der Waals surface area (Å²) in [7, 11) is 5.76. The van der Waals surface area contributed by atoms with Gasteiger partial charge in [0.05, 0.1) is 23.8 Å². The van der Waals surface area contributed by atoms with E-state index < -0.39 is 11.7 Å². The van der Waals surface area contributed by atoms with Crippen LogP contribution in [0.5, 0.6) is 0 Å². The van der Waals surface area contributed by atoms with Crippen LogP contribution in [0.3, 0.4) is 0 Å². The van der Waals surface area contributed by atoms with E-state index in [0.717, 1.165) is 43.5 Å². The van der Waals surface area contributed by atoms with Gasteiger partial charge < -0.3 is 25.4 Å². The number of aliphatic hydroxyl groups is 3. The van der Waals surface area contributed by atoms with Crippen LogP contribution in [0.1, 0.15) is 70.8 Å². The summed E-state index contributed by atoms with van der Waals surface area (Å²) in [5, 5.41) is 39.0. The van der Waals surface area contributed by atoms with Crippen molar-refractivity contribution in [3.05, 3.63) is 41.7 Å². The van der Waals surface area contributed by atoms with Gasteiger partial charge in [-0.05, 0) is 116 Å². The second-order valence-electron chi connectivity index (χ2n) is 15.2. The Labute approximate surface area is 253 Å². The van der Waals surface area contributed by atoms with Crippen LogP contribution in [0.25, 0.3) is 0 Å². The number of anilines is 1. The number of hydrogen-bond donors (Lipinski definition) is 4. The van der Waals surface area contributed by atoms with Crippen molar-refractivity contribution in [2.24, 2.45) is 45.8 Å². The van der Waals surface area contributed by atoms with Crippen molar-refractivity contribution in [2.45, 2.75) is 101 Å². The van der Waals surface area contributed by atoms with Crippen LogP contribution in [0.4, 0.5) is 5.69 Å². The van der Waals surface area contributed by atoms with Crippen molar-refractivity contribution in [3.8, 4) is 0 Å². The molecule has 1 aromatic carbocycles. The molecule has 4 N–H and O–H groups in total. The third-order valence-corrected chi connectivity index (χ3v) is 17.3. The first-order chi connectivity index (χ1) is 19.7. The zero-order valence-electron chi connectivity index (χ0n) is 24.7. The van der Waals surface area contributed by atoms with Gasteiger partial charge in [0.25, 0.3) is 0 Å². The Kier molecular flexibility index (Phi) is 6.29. The summed E-state index contributed by atoms with van der Waals surface area (Å²) in [6, 6.07) is 9.10. The third-order valence-electron chi connectivity index (χ3n) is 14.3. The number of benzene rings is 1. The van der Waals surface area contributed by atoms with Gasteiger partial charge in [-0.1, -0.05) is 47.6 Å². The maximum absolute atomic E-state index is 12.7. The zero-order valence-corrected chi connectivity index (χ0v) is 26.4. The maximum atomic E-state index is 12.7. The predicted molar refractivity (Wildman–Crippen MR) is 167 cm³/mol. The van der Waals surface area contributed by atoms with Gasteiger partial charge in [-0.25, -0.2) is 0 Å². The molecular formula is C34H47NO4S2. The Bertz CT molecular complexity index is 1260. The fourth-order valence-corrected chi connectivity index (χ4v) is 15.8. The Balaban J connectivity index is 1.16. The number of fused-ring (bicyclic) bond motifs is 6. The van der Waals surface area contributed by atoms with Gasteiger partial charge >= 0.3 is 0 Å². The normalized spacial score (nSPS) is 53.5. The van der Waals surface area contributed by atoms with E-state index in [1.54, 1.807) is 7.11 Å². The molecule has 0 saturated heterocycles. The topological polar surface area (TPSA) is 82.0 Å². The Morgan fingerprint density at radius 3 is 2.73 bits per heavy atom. The molecule has 0 radical (unpaired) electrons. The predicted octanol–water partition coefficient (Wildman–Crippen LogP) is 6.60. The van der Waals surface area contributed by atoms with Crippen LogP contribution < -0.4 is 5.32 Å². The standard InChI is InChI=1S/C34H47NO4S2/c1-31-22-10-11-33(32(31,2)24(14-22)29-26(37)15-28(39-3)34(29,31)38)16-20-12-19-6-4-7-23(13-19)35-30-25(36)8-5-9-27(30)41-40-18-21(20)17-33/h4,6-7,13,15,20-22,24-25,27-30,35-38H,5,8-12,14,16-18H2,1-3H3/t20-,21+,22+,24-,25+,27-,28+,29+,30-,31-,32-,33-,34+/m0/s1. The molecule has 0 amide bonds. The number of nitrogens with one attached hydrogen (secondary N) is 1. The smallest absolute Gasteiger partial charge is 0.111 e. The molecule has 6 bridgehead atoms. The highest BCUT2D eigenvalue weighted by molar-refractivity contribution is 8.77. The first kappa shape index (κ1) is 27.7. The Morgan fingerprint density at radius 2 is 1.90 bits per heavy atom. The van der Waals surface area contributed by atoms with E-state index in [9.17, 15) is 15.3 Å². The molecule has 5 fully saturated rings. The van der Waals surface area contributed by atoms with Gasteiger partial charge in [0.1, 0.15) is 11.7 Å². The van der Waals surface area contributed by atoms with Gasteiger partial charge in [-0.2, -0.15) is 0 Å². The lowest BCUT2D eigenvalue weighted by Gasteiger charge is -2.61. The number of methoxy groups -OCH3 is 1. The third kappa shape index (κ3) is 3.39. The second kappa shape index (κ2) is 9.32. The van der Waals surface area contributed by atoms with E-state index in [-0.39, 0.29) is 34.3 Å². The SMILES string of the molecule is CO[C@@H]1C=C(O)[C@H]2[C@@H]3C[C@H]4CC[C@]5(C[C@@H]6CSS[C@H]7CCC[C@@H](O)[C@@H]7Nc7cccc(c7)C[C@H]6C5)[C@]3(C)[C@@]4(C)[C@@]12O. The average molecular weight is 598 g/mol. The van der Waals surface area contributed by atoms with Crippen LogP contribution in [0.2, 0.25) is 0 Å². The monoisotopic (exact) mass is 597 g/mol. The van der Waals surface area contributed by atoms with Crippen molar-refractivity contribution in [1.82, 2.24) is 0 Å². The molecule has 1 aliphatic heterocycles. The molecule has 13 atom stereocenters. The molecule has 41 heavy (non-hydrogen) atoms. The molecule has 0 unspecified atom stereocenters. The molecular weight excluding hydrogens is 551 g/mol. The van der Waals surface area contributed by atoms with Crippen molar-refractivity contribution < 1.29 is 20.1 Å². The lowest BCUT2D eigenvalue weighted by molar-refractivity contribution is -0.218. The van der Waals surface area contributed by atoms with Crippen molar-refractivity contribution in [3.63, 3.8) is 0 Å². The highest BCUT2D eigenvalue weighted by atomic mass is 33.1. The Hall–Kier alpha value is -0.860. The molecule has 6 aliphatic carbocycles. The number of aliphatic hydroxyl groups excluding tert-OH is 2. The van der Waals surface area contributed by atoms with Crippen molar-refractivity contribution in [1.29, 1.82) is 0 Å². The van der Waals surface area contributed by atoms with Crippen molar-refractivity contribution >= 4 is 27.3 Å². The number of hydrogen-bond acceptors (Lipinski definition) is 7. The van der Waals surface area contributed by atoms with Crippen LogP contribution in [0, 0.1) is 45.8 Å². The molecule has 0 aromatic heterocycles. The second-order valence-corrected chi connectivity index (χ2v) is 17.9. The van der Waals surface area contributed by atoms with E-state index in [1.807, 2.05) is 16.9 Å². The van der Waals surface area contributed by atoms with Crippen molar-refractivity contribution in [2.75, 3.05) is 18.2 Å². The van der Waals surface area contributed by atoms with E-state index >= 15 is 0 Å². The highest BCUT2D eigenvalue weighted by Gasteiger charge is 2.87. The summed E-state index contributed by atoms with van der Waals surface area (Å²) in [5.41, 5.74) is 1.35. The van der Waals surface area contributed by atoms with Crippen LogP contribution in [-0.2, 0) is 11.2 Å². The van der Waals surface area contributed by atoms with Gasteiger partial charge in [0, 0.05) is 29.2 Å². The van der Waals surface area contributed by atoms with E-state index in [4.69, 9.17) is 4.74 Å². The van der Waals surface area contributed by atoms with Gasteiger partial charge in [-0.15, -0.1) is 0 Å². The van der Waals surface area contributed by atoms with Gasteiger partial charge in [0.15, 0.2) is 0 Å². The van der Waals surface area contributed by atoms with E-state index in [1.165, 1.54) is 31.2 Å². The minimum atomic E-state index is -1.03. The molecule has 1 spiro atoms. The van der Waals surface area contributed by atoms with Crippen LogP contribution in [-0.4, -0.2) is 57.3 Å². The minimum Gasteiger partial charge on any atom is -0.512 e. The molecule has 8 rings (SSSR count). The molecule has 1 aromatic rings. The quantitative estimate of drug-likeness (QED) is 0.272. The molecule has 1 heterocycles. The summed E-state index contributed by atoms with van der Waals surface area (Å²) in [4.78, 5) is 0. The molecule has 7 heteroatoms. The van der Waals surface area contributed by atoms with Gasteiger partial charge in [0.2, 0.25) is 0 Å². The summed E-state index contributed by atoms with van der Waals surface area (Å²) < 4.78 is 5.92. The Morgan fingerprint density at radius 1 is 1.07 bits per heavy atom. The molecule has 5 nitrogen and oxygen atoms in total. The largest absolute Gasteiger partial charge is 0.512 e. The first-order valence-corrected chi connectivity index (χ1v) is 18.5. The first-order valence-electron chi connectivity index (χ1n) is 16.1. The van der Waals surface area contributed by atoms with Gasteiger partial charge in [-0.3, -0.25) is 0 Å². The number of ether oxygens (including phenoxy) is 1. The fourth-order valence-electron chi connectivity index (χ4n) is 12.4. The lowest BCUT2D eigenvalue weighted by Crippen LogP contribution is -2.64. The summed E-state index contributed by atoms with van der Waals surface area (Å²) in [5.74, 6) is 3.33. The lowest BCUT2D eigenvalue weighted by atomic mass is 9.44. The molecule has 5 saturated carbocycles. The van der Waals surface area contributed by atoms with E-state index in [2.05, 4.69) is 54.2 Å². The minimum absolute atomic E-state index is 0.0396. The molecule has 7 aliphatic rings. The summed E-state index contributed by atoms with van der Waals surface area (Å²) in [6.07, 6.45) is 11.3. The average Bonchev–Trinajstić information content (AvgIpc) is 3.53. The van der Waals surface area contributed by atoms with Crippen LogP contribution >= 0.6 is 21.6 Å². The van der Waals surface area contributed by atoms with E-state index in [0.29, 0.717) is 34.7 Å². The maximum Gasteiger partial charge on any atom is 0.111 e. The summed E-state index contributed by atoms with van der Waals surface area (Å²) in [6.45, 7) is 4.91. The number of rotatable bonds is 1. The zero-order chi connectivity index (χ0) is 28.4. The highest BCUT2D eigenvalue weighted by Crippen LogP contribution is 2.87.